The lowest BCUT2D eigenvalue weighted by Gasteiger charge is -2.02. The predicted octanol–water partition coefficient (Wildman–Crippen LogP) is 5.27. The fourth-order valence-electron chi connectivity index (χ4n) is 2.55. The molecule has 0 aliphatic heterocycles. The van der Waals surface area contributed by atoms with Gasteiger partial charge in [0.2, 0.25) is 5.78 Å². The number of ketones is 1. The normalized spacial score (nSPS) is 11.0. The Morgan fingerprint density at radius 1 is 1.08 bits per heavy atom. The number of nitrogens with zero attached hydrogens (tertiary/aromatic N) is 1. The fourth-order valence-corrected chi connectivity index (χ4v) is 2.55. The Bertz CT molecular complexity index is 991. The second kappa shape index (κ2) is 7.54. The molecular formula is C22H18N2O2. The number of furan rings is 1. The molecule has 0 radical (unpaired) electrons. The summed E-state index contributed by atoms with van der Waals surface area (Å²) in [5.41, 5.74) is 3.25. The van der Waals surface area contributed by atoms with Crippen LogP contribution in [-0.2, 0) is 0 Å². The van der Waals surface area contributed by atoms with E-state index in [0.29, 0.717) is 17.1 Å². The Balaban J connectivity index is 1.85. The van der Waals surface area contributed by atoms with Crippen LogP contribution in [-0.4, -0.2) is 5.78 Å². The summed E-state index contributed by atoms with van der Waals surface area (Å²) in [7, 11) is 0. The lowest BCUT2D eigenvalue weighted by molar-refractivity contribution is 0.103. The van der Waals surface area contributed by atoms with Crippen LogP contribution in [0.25, 0.3) is 11.3 Å². The number of hydrogen-bond acceptors (Lipinski definition) is 4. The Morgan fingerprint density at radius 3 is 2.42 bits per heavy atom. The first-order valence-electron chi connectivity index (χ1n) is 8.22. The number of carbonyl (C=O) groups is 1. The number of carbonyl (C=O) groups excluding carboxylic acids is 1. The minimum Gasteiger partial charge on any atom is -0.461 e. The number of anilines is 1. The summed E-state index contributed by atoms with van der Waals surface area (Å²) in [6.07, 6.45) is 1.43. The van der Waals surface area contributed by atoms with E-state index in [1.165, 1.54) is 6.20 Å². The van der Waals surface area contributed by atoms with Gasteiger partial charge in [0, 0.05) is 17.5 Å². The Morgan fingerprint density at radius 2 is 1.77 bits per heavy atom. The van der Waals surface area contributed by atoms with Crippen molar-refractivity contribution in [2.45, 2.75) is 13.8 Å². The highest BCUT2D eigenvalue weighted by molar-refractivity contribution is 6.12. The molecule has 3 aromatic rings. The van der Waals surface area contributed by atoms with Gasteiger partial charge >= 0.3 is 0 Å². The molecule has 0 aliphatic rings. The Kier molecular flexibility index (Phi) is 5.00. The van der Waals surface area contributed by atoms with E-state index in [0.717, 1.165) is 16.8 Å². The maximum absolute atomic E-state index is 12.7. The number of rotatable bonds is 5. The van der Waals surface area contributed by atoms with Crippen molar-refractivity contribution >= 4 is 11.5 Å². The maximum atomic E-state index is 12.7. The second-order valence-electron chi connectivity index (χ2n) is 5.96. The third-order valence-corrected chi connectivity index (χ3v) is 4.02. The van der Waals surface area contributed by atoms with Crippen LogP contribution in [0.1, 0.15) is 21.7 Å². The van der Waals surface area contributed by atoms with Gasteiger partial charge in [-0.15, -0.1) is 0 Å². The van der Waals surface area contributed by atoms with Gasteiger partial charge in [-0.1, -0.05) is 48.0 Å². The van der Waals surface area contributed by atoms with E-state index in [-0.39, 0.29) is 11.4 Å². The highest BCUT2D eigenvalue weighted by Gasteiger charge is 2.19. The first-order valence-corrected chi connectivity index (χ1v) is 8.22. The van der Waals surface area contributed by atoms with Crippen LogP contribution in [0.3, 0.4) is 0 Å². The van der Waals surface area contributed by atoms with Crippen molar-refractivity contribution in [3.05, 3.63) is 89.3 Å². The molecule has 2 aromatic carbocycles. The van der Waals surface area contributed by atoms with E-state index < -0.39 is 0 Å². The summed E-state index contributed by atoms with van der Waals surface area (Å²) >= 11 is 0. The van der Waals surface area contributed by atoms with E-state index >= 15 is 0 Å². The molecule has 0 spiro atoms. The van der Waals surface area contributed by atoms with Crippen LogP contribution < -0.4 is 5.32 Å². The first-order chi connectivity index (χ1) is 12.6. The monoisotopic (exact) mass is 342 g/mol. The number of nitrogens with one attached hydrogen (secondary N) is 1. The van der Waals surface area contributed by atoms with Crippen LogP contribution in [0, 0.1) is 25.2 Å². The molecule has 0 aliphatic carbocycles. The molecule has 0 fully saturated rings. The molecule has 1 N–H and O–H groups in total. The van der Waals surface area contributed by atoms with E-state index in [1.807, 2.05) is 67.6 Å². The van der Waals surface area contributed by atoms with Crippen LogP contribution in [0.2, 0.25) is 0 Å². The molecule has 4 heteroatoms. The molecule has 26 heavy (non-hydrogen) atoms. The molecule has 0 saturated heterocycles. The van der Waals surface area contributed by atoms with Gasteiger partial charge in [-0.2, -0.15) is 5.26 Å². The third-order valence-electron chi connectivity index (χ3n) is 4.02. The lowest BCUT2D eigenvalue weighted by atomic mass is 10.0. The minimum atomic E-state index is -0.365. The van der Waals surface area contributed by atoms with Crippen LogP contribution in [0.4, 0.5) is 5.69 Å². The van der Waals surface area contributed by atoms with Gasteiger partial charge in [-0.25, -0.2) is 0 Å². The highest BCUT2D eigenvalue weighted by Crippen LogP contribution is 2.26. The van der Waals surface area contributed by atoms with Crippen molar-refractivity contribution in [3.8, 4) is 17.4 Å². The SMILES string of the molecule is Cc1ccc(N/C=C(\C#N)C(=O)c2cc(-c3ccccc3)oc2C)cc1. The molecule has 0 saturated carbocycles. The van der Waals surface area contributed by atoms with Gasteiger partial charge in [0.1, 0.15) is 23.2 Å². The summed E-state index contributed by atoms with van der Waals surface area (Å²) in [4.78, 5) is 12.7. The molecule has 1 heterocycles. The Labute approximate surface area is 152 Å². The quantitative estimate of drug-likeness (QED) is 0.390. The number of Topliss-reactive ketones (excluding diaryl/α,β-unsaturated/α-hetero) is 1. The summed E-state index contributed by atoms with van der Waals surface area (Å²) < 4.78 is 5.71. The summed E-state index contributed by atoms with van der Waals surface area (Å²) in [6, 6.07) is 20.9. The summed E-state index contributed by atoms with van der Waals surface area (Å²) in [6.45, 7) is 3.72. The van der Waals surface area contributed by atoms with E-state index in [2.05, 4.69) is 5.32 Å². The number of aryl methyl sites for hydroxylation is 2. The van der Waals surface area contributed by atoms with Crippen LogP contribution >= 0.6 is 0 Å². The van der Waals surface area contributed by atoms with Crippen LogP contribution in [0.5, 0.6) is 0 Å². The minimum absolute atomic E-state index is 0.0223. The largest absolute Gasteiger partial charge is 0.461 e. The molecule has 128 valence electrons. The van der Waals surface area contributed by atoms with Crippen molar-refractivity contribution in [1.29, 1.82) is 5.26 Å². The van der Waals surface area contributed by atoms with Crippen molar-refractivity contribution in [2.75, 3.05) is 5.32 Å². The number of nitriles is 1. The predicted molar refractivity (Wildman–Crippen MR) is 102 cm³/mol. The maximum Gasteiger partial charge on any atom is 0.208 e. The zero-order valence-corrected chi connectivity index (χ0v) is 14.6. The zero-order chi connectivity index (χ0) is 18.5. The Hall–Kier alpha value is -3.58. The van der Waals surface area contributed by atoms with Gasteiger partial charge in [0.25, 0.3) is 0 Å². The second-order valence-corrected chi connectivity index (χ2v) is 5.96. The van der Waals surface area contributed by atoms with E-state index in [9.17, 15) is 10.1 Å². The highest BCUT2D eigenvalue weighted by atomic mass is 16.3. The standard InChI is InChI=1S/C22H18N2O2/c1-15-8-10-19(11-9-15)24-14-18(13-23)22(25)20-12-21(26-16(20)2)17-6-4-3-5-7-17/h3-12,14,24H,1-2H3/b18-14+. The average molecular weight is 342 g/mol. The van der Waals surface area contributed by atoms with E-state index in [1.54, 1.807) is 13.0 Å². The molecule has 1 aromatic heterocycles. The topological polar surface area (TPSA) is 66.0 Å². The molecule has 3 rings (SSSR count). The number of allylic oxidation sites excluding steroid dienone is 1. The fraction of sp³-hybridized carbons (Fsp3) is 0.0909. The molecule has 0 unspecified atom stereocenters. The molecule has 0 atom stereocenters. The molecular weight excluding hydrogens is 324 g/mol. The van der Waals surface area contributed by atoms with Crippen molar-refractivity contribution in [2.24, 2.45) is 0 Å². The average Bonchev–Trinajstić information content (AvgIpc) is 3.06. The first kappa shape index (κ1) is 17.2. The van der Waals surface area contributed by atoms with Gasteiger partial charge < -0.3 is 9.73 Å². The lowest BCUT2D eigenvalue weighted by Crippen LogP contribution is -2.04. The van der Waals surface area contributed by atoms with Crippen molar-refractivity contribution in [3.63, 3.8) is 0 Å². The molecule has 0 bridgehead atoms. The summed E-state index contributed by atoms with van der Waals surface area (Å²) in [5, 5.41) is 12.4. The van der Waals surface area contributed by atoms with Gasteiger partial charge in [-0.05, 0) is 32.0 Å². The third kappa shape index (κ3) is 3.73. The number of benzene rings is 2. The molecule has 4 nitrogen and oxygen atoms in total. The van der Waals surface area contributed by atoms with Gasteiger partial charge in [0.05, 0.1) is 5.56 Å². The van der Waals surface area contributed by atoms with Crippen LogP contribution in [0.15, 0.2) is 76.9 Å². The number of hydrogen-bond donors (Lipinski definition) is 1. The smallest absolute Gasteiger partial charge is 0.208 e. The van der Waals surface area contributed by atoms with Gasteiger partial charge in [-0.3, -0.25) is 4.79 Å². The van der Waals surface area contributed by atoms with Gasteiger partial charge in [0.15, 0.2) is 0 Å². The molecule has 0 amide bonds. The van der Waals surface area contributed by atoms with Crippen molar-refractivity contribution < 1.29 is 9.21 Å². The van der Waals surface area contributed by atoms with E-state index in [4.69, 9.17) is 4.42 Å². The zero-order valence-electron chi connectivity index (χ0n) is 14.6. The summed E-state index contributed by atoms with van der Waals surface area (Å²) in [5.74, 6) is 0.733. The van der Waals surface area contributed by atoms with Crippen molar-refractivity contribution in [1.82, 2.24) is 0 Å².